The van der Waals surface area contributed by atoms with E-state index in [2.05, 4.69) is 5.10 Å². The number of carbonyl (C=O) groups is 1. The molecule has 140 valence electrons. The topological polar surface area (TPSA) is 38.1 Å². The maximum Gasteiger partial charge on any atom is 0.416 e. The molecule has 0 radical (unpaired) electrons. The first-order valence-corrected chi connectivity index (χ1v) is 8.84. The molecule has 1 aliphatic rings. The number of hydrogen-bond acceptors (Lipinski definition) is 2. The molecule has 0 aliphatic carbocycles. The summed E-state index contributed by atoms with van der Waals surface area (Å²) in [5.74, 6) is 0.237. The van der Waals surface area contributed by atoms with Gasteiger partial charge in [0.1, 0.15) is 6.54 Å². The average Bonchev–Trinajstić information content (AvgIpc) is 3.12. The van der Waals surface area contributed by atoms with Crippen molar-refractivity contribution in [1.29, 1.82) is 0 Å². The van der Waals surface area contributed by atoms with Crippen molar-refractivity contribution >= 4 is 5.91 Å². The number of amides is 1. The molecule has 26 heavy (non-hydrogen) atoms. The summed E-state index contributed by atoms with van der Waals surface area (Å²) < 4.78 is 40.9. The lowest BCUT2D eigenvalue weighted by atomic mass is 9.90. The lowest BCUT2D eigenvalue weighted by Crippen LogP contribution is -2.41. The highest BCUT2D eigenvalue weighted by Crippen LogP contribution is 2.33. The van der Waals surface area contributed by atoms with E-state index in [9.17, 15) is 18.0 Å². The molecule has 2 aromatic rings. The minimum atomic E-state index is -4.32. The summed E-state index contributed by atoms with van der Waals surface area (Å²) in [6.45, 7) is 1.51. The van der Waals surface area contributed by atoms with Crippen LogP contribution in [0.5, 0.6) is 0 Å². The predicted octanol–water partition coefficient (Wildman–Crippen LogP) is 3.77. The zero-order chi connectivity index (χ0) is 18.6. The molecule has 1 unspecified atom stereocenters. The first-order valence-electron chi connectivity index (χ1n) is 8.84. The quantitative estimate of drug-likeness (QED) is 0.809. The molecule has 1 atom stereocenters. The molecule has 1 aromatic heterocycles. The molecule has 0 bridgehead atoms. The van der Waals surface area contributed by atoms with E-state index in [1.807, 2.05) is 4.90 Å². The molecule has 7 heteroatoms. The van der Waals surface area contributed by atoms with Crippen molar-refractivity contribution in [2.45, 2.75) is 38.4 Å². The Labute approximate surface area is 150 Å². The third-order valence-corrected chi connectivity index (χ3v) is 4.87. The predicted molar refractivity (Wildman–Crippen MR) is 91.3 cm³/mol. The Balaban J connectivity index is 1.57. The molecule has 1 aromatic carbocycles. The molecule has 1 fully saturated rings. The number of carbonyl (C=O) groups excluding carboxylic acids is 1. The van der Waals surface area contributed by atoms with Gasteiger partial charge in [-0.2, -0.15) is 18.3 Å². The Bertz CT molecular complexity index is 728. The summed E-state index contributed by atoms with van der Waals surface area (Å²) in [4.78, 5) is 14.2. The van der Waals surface area contributed by atoms with E-state index < -0.39 is 11.7 Å². The summed E-state index contributed by atoms with van der Waals surface area (Å²) in [5.41, 5.74) is -0.220. The summed E-state index contributed by atoms with van der Waals surface area (Å²) in [5, 5.41) is 4.04. The number of piperidine rings is 1. The molecule has 0 saturated carbocycles. The van der Waals surface area contributed by atoms with E-state index in [4.69, 9.17) is 0 Å². The van der Waals surface area contributed by atoms with E-state index in [1.54, 1.807) is 35.3 Å². The number of hydrogen-bond donors (Lipinski definition) is 0. The standard InChI is InChI=1S/C19H22F3N3O/c20-19(21,22)17-7-2-1-6-16(17)9-8-15-5-3-11-24(13-15)18(26)14-25-12-4-10-23-25/h1-2,4,6-7,10,12,15H,3,5,8-9,11,13-14H2. The number of nitrogens with zero attached hydrogens (tertiary/aromatic N) is 3. The first-order chi connectivity index (χ1) is 12.4. The van der Waals surface area contributed by atoms with Gasteiger partial charge in [0.2, 0.25) is 5.91 Å². The van der Waals surface area contributed by atoms with Crippen LogP contribution >= 0.6 is 0 Å². The van der Waals surface area contributed by atoms with Crippen molar-refractivity contribution in [2.75, 3.05) is 13.1 Å². The minimum absolute atomic E-state index is 0.00842. The smallest absolute Gasteiger partial charge is 0.341 e. The maximum atomic E-state index is 13.1. The highest BCUT2D eigenvalue weighted by Gasteiger charge is 2.33. The Morgan fingerprint density at radius 1 is 1.23 bits per heavy atom. The zero-order valence-corrected chi connectivity index (χ0v) is 14.5. The Kier molecular flexibility index (Phi) is 5.64. The van der Waals surface area contributed by atoms with E-state index in [-0.39, 0.29) is 18.4 Å². The van der Waals surface area contributed by atoms with Gasteiger partial charge in [-0.1, -0.05) is 18.2 Å². The van der Waals surface area contributed by atoms with Crippen LogP contribution in [0, 0.1) is 5.92 Å². The fourth-order valence-corrected chi connectivity index (χ4v) is 3.53. The van der Waals surface area contributed by atoms with Gasteiger partial charge in [0.05, 0.1) is 5.56 Å². The van der Waals surface area contributed by atoms with E-state index in [1.165, 1.54) is 6.07 Å². The molecule has 4 nitrogen and oxygen atoms in total. The maximum absolute atomic E-state index is 13.1. The number of likely N-dealkylation sites (tertiary alicyclic amines) is 1. The number of halogens is 3. The van der Waals surface area contributed by atoms with E-state index in [0.29, 0.717) is 31.5 Å². The Hall–Kier alpha value is -2.31. The van der Waals surface area contributed by atoms with Crippen molar-refractivity contribution in [1.82, 2.24) is 14.7 Å². The summed E-state index contributed by atoms with van der Waals surface area (Å²) in [7, 11) is 0. The SMILES string of the molecule is O=C(Cn1cccn1)N1CCCC(CCc2ccccc2C(F)(F)F)C1. The molecular formula is C19H22F3N3O. The van der Waals surface area contributed by atoms with Crippen LogP contribution in [0.3, 0.4) is 0 Å². The van der Waals surface area contributed by atoms with Crippen molar-refractivity contribution in [3.8, 4) is 0 Å². The van der Waals surface area contributed by atoms with Gasteiger partial charge in [-0.15, -0.1) is 0 Å². The molecule has 0 spiro atoms. The van der Waals surface area contributed by atoms with Gasteiger partial charge >= 0.3 is 6.18 Å². The number of rotatable bonds is 5. The fraction of sp³-hybridized carbons (Fsp3) is 0.474. The van der Waals surface area contributed by atoms with Crippen molar-refractivity contribution in [3.63, 3.8) is 0 Å². The van der Waals surface area contributed by atoms with Gasteiger partial charge in [-0.3, -0.25) is 9.48 Å². The molecule has 0 N–H and O–H groups in total. The lowest BCUT2D eigenvalue weighted by Gasteiger charge is -2.33. The molecule has 3 rings (SSSR count). The highest BCUT2D eigenvalue weighted by atomic mass is 19.4. The van der Waals surface area contributed by atoms with Crippen molar-refractivity contribution in [3.05, 3.63) is 53.9 Å². The third-order valence-electron chi connectivity index (χ3n) is 4.87. The summed E-state index contributed by atoms with van der Waals surface area (Å²) >= 11 is 0. The highest BCUT2D eigenvalue weighted by molar-refractivity contribution is 5.76. The largest absolute Gasteiger partial charge is 0.416 e. The number of aryl methyl sites for hydroxylation is 1. The van der Waals surface area contributed by atoms with Gasteiger partial charge < -0.3 is 4.90 Å². The van der Waals surface area contributed by atoms with Gasteiger partial charge in [0, 0.05) is 25.5 Å². The molecule has 1 amide bonds. The van der Waals surface area contributed by atoms with Gasteiger partial charge in [-0.05, 0) is 49.3 Å². The molecule has 1 aliphatic heterocycles. The molecular weight excluding hydrogens is 343 g/mol. The normalized spacial score (nSPS) is 18.1. The van der Waals surface area contributed by atoms with E-state index in [0.717, 1.165) is 18.9 Å². The van der Waals surface area contributed by atoms with Gasteiger partial charge in [0.15, 0.2) is 0 Å². The zero-order valence-electron chi connectivity index (χ0n) is 14.5. The second-order valence-electron chi connectivity index (χ2n) is 6.75. The fourth-order valence-electron chi connectivity index (χ4n) is 3.53. The lowest BCUT2D eigenvalue weighted by molar-refractivity contribution is -0.138. The second-order valence-corrected chi connectivity index (χ2v) is 6.75. The monoisotopic (exact) mass is 365 g/mol. The average molecular weight is 365 g/mol. The van der Waals surface area contributed by atoms with Crippen LogP contribution in [-0.4, -0.2) is 33.7 Å². The van der Waals surface area contributed by atoms with Crippen molar-refractivity contribution < 1.29 is 18.0 Å². The van der Waals surface area contributed by atoms with Crippen molar-refractivity contribution in [2.24, 2.45) is 5.92 Å². The van der Waals surface area contributed by atoms with Gasteiger partial charge in [-0.25, -0.2) is 0 Å². The summed E-state index contributed by atoms with van der Waals surface area (Å²) in [6, 6.07) is 7.51. The number of benzene rings is 1. The minimum Gasteiger partial charge on any atom is -0.341 e. The second kappa shape index (κ2) is 7.93. The van der Waals surface area contributed by atoms with E-state index >= 15 is 0 Å². The van der Waals surface area contributed by atoms with Crippen LogP contribution in [0.4, 0.5) is 13.2 Å². The van der Waals surface area contributed by atoms with Crippen LogP contribution < -0.4 is 0 Å². The van der Waals surface area contributed by atoms with Crippen LogP contribution in [0.1, 0.15) is 30.4 Å². The number of alkyl halides is 3. The van der Waals surface area contributed by atoms with Crippen LogP contribution in [-0.2, 0) is 23.9 Å². The van der Waals surface area contributed by atoms with Crippen LogP contribution in [0.2, 0.25) is 0 Å². The van der Waals surface area contributed by atoms with Gasteiger partial charge in [0.25, 0.3) is 0 Å². The van der Waals surface area contributed by atoms with Crippen LogP contribution in [0.15, 0.2) is 42.7 Å². The molecule has 2 heterocycles. The third kappa shape index (κ3) is 4.65. The van der Waals surface area contributed by atoms with Crippen LogP contribution in [0.25, 0.3) is 0 Å². The Morgan fingerprint density at radius 3 is 2.77 bits per heavy atom. The summed E-state index contributed by atoms with van der Waals surface area (Å²) in [6.07, 6.45) is 1.91. The molecule has 1 saturated heterocycles. The first kappa shape index (κ1) is 18.5. The number of aromatic nitrogens is 2. The Morgan fingerprint density at radius 2 is 2.04 bits per heavy atom.